The minimum absolute atomic E-state index is 0.0424. The van der Waals surface area contributed by atoms with E-state index >= 15 is 0 Å². The highest BCUT2D eigenvalue weighted by atomic mass is 16.2. The first kappa shape index (κ1) is 16.8. The molecule has 0 saturated carbocycles. The van der Waals surface area contributed by atoms with Gasteiger partial charge in [0.1, 0.15) is 0 Å². The van der Waals surface area contributed by atoms with Crippen molar-refractivity contribution < 1.29 is 4.79 Å². The van der Waals surface area contributed by atoms with Gasteiger partial charge < -0.3 is 10.6 Å². The van der Waals surface area contributed by atoms with Gasteiger partial charge in [0.05, 0.1) is 0 Å². The molecule has 2 N–H and O–H groups in total. The Morgan fingerprint density at radius 1 is 1.04 bits per heavy atom. The van der Waals surface area contributed by atoms with Gasteiger partial charge in [0, 0.05) is 44.3 Å². The van der Waals surface area contributed by atoms with Crippen LogP contribution in [0.15, 0.2) is 12.2 Å². The Bertz CT molecular complexity index is 431. The molecule has 3 heterocycles. The third-order valence-electron chi connectivity index (χ3n) is 5.59. The molecule has 130 valence electrons. The monoisotopic (exact) mass is 320 g/mol. The van der Waals surface area contributed by atoms with Crippen molar-refractivity contribution in [1.29, 1.82) is 0 Å². The van der Waals surface area contributed by atoms with Crippen LogP contribution in [0.3, 0.4) is 0 Å². The number of amides is 2. The summed E-state index contributed by atoms with van der Waals surface area (Å²) in [6.45, 7) is 11.5. The van der Waals surface area contributed by atoms with E-state index < -0.39 is 0 Å². The smallest absolute Gasteiger partial charge is 0.315 e. The van der Waals surface area contributed by atoms with Crippen LogP contribution in [0, 0.1) is 0 Å². The van der Waals surface area contributed by atoms with Gasteiger partial charge >= 0.3 is 6.03 Å². The molecule has 23 heavy (non-hydrogen) atoms. The molecule has 0 spiro atoms. The standard InChI is InChI=1S/C18H32N4O/c1-14(2)13-21-10-6-15(7-11-21)19-18(23)20-16-8-12-22-9-4-3-5-17(16)22/h15-17H,1,3-13H2,2H3,(H2,19,20,23)/t16-,17+/m0/s1. The molecule has 3 fully saturated rings. The lowest BCUT2D eigenvalue weighted by atomic mass is 9.99. The highest BCUT2D eigenvalue weighted by Crippen LogP contribution is 2.27. The molecular weight excluding hydrogens is 288 g/mol. The number of piperidine rings is 2. The normalized spacial score (nSPS) is 30.0. The van der Waals surface area contributed by atoms with Crippen molar-refractivity contribution in [2.45, 2.75) is 63.6 Å². The number of carbonyl (C=O) groups is 1. The zero-order valence-corrected chi connectivity index (χ0v) is 14.5. The number of hydrogen-bond donors (Lipinski definition) is 2. The first-order valence-electron chi connectivity index (χ1n) is 9.29. The number of rotatable bonds is 4. The summed E-state index contributed by atoms with van der Waals surface area (Å²) in [5.74, 6) is 0. The number of urea groups is 1. The molecular formula is C18H32N4O. The van der Waals surface area contributed by atoms with E-state index in [-0.39, 0.29) is 6.03 Å². The van der Waals surface area contributed by atoms with Crippen molar-refractivity contribution >= 4 is 6.03 Å². The van der Waals surface area contributed by atoms with Crippen LogP contribution in [-0.2, 0) is 0 Å². The Labute approximate surface area is 140 Å². The lowest BCUT2D eigenvalue weighted by Crippen LogP contribution is -2.53. The molecule has 0 aromatic heterocycles. The van der Waals surface area contributed by atoms with E-state index in [4.69, 9.17) is 0 Å². The zero-order chi connectivity index (χ0) is 16.2. The highest BCUT2D eigenvalue weighted by Gasteiger charge is 2.36. The number of nitrogens with one attached hydrogen (secondary N) is 2. The largest absolute Gasteiger partial charge is 0.335 e. The van der Waals surface area contributed by atoms with Gasteiger partial charge in [0.2, 0.25) is 0 Å². The van der Waals surface area contributed by atoms with Crippen LogP contribution in [0.4, 0.5) is 4.79 Å². The van der Waals surface area contributed by atoms with E-state index in [0.717, 1.165) is 45.4 Å². The SMILES string of the molecule is C=C(C)CN1CCC(NC(=O)N[C@H]2CCN3CCCC[C@H]23)CC1. The topological polar surface area (TPSA) is 47.6 Å². The number of likely N-dealkylation sites (tertiary alicyclic amines) is 1. The van der Waals surface area contributed by atoms with E-state index in [0.29, 0.717) is 18.1 Å². The van der Waals surface area contributed by atoms with Crippen molar-refractivity contribution in [1.82, 2.24) is 20.4 Å². The van der Waals surface area contributed by atoms with Crippen LogP contribution in [0.25, 0.3) is 0 Å². The molecule has 0 aromatic carbocycles. The van der Waals surface area contributed by atoms with E-state index in [1.807, 2.05) is 0 Å². The molecule has 3 saturated heterocycles. The fourth-order valence-electron chi connectivity index (χ4n) is 4.43. The molecule has 0 radical (unpaired) electrons. The van der Waals surface area contributed by atoms with E-state index in [9.17, 15) is 4.79 Å². The van der Waals surface area contributed by atoms with Crippen molar-refractivity contribution in [3.63, 3.8) is 0 Å². The Hall–Kier alpha value is -1.07. The zero-order valence-electron chi connectivity index (χ0n) is 14.5. The lowest BCUT2D eigenvalue weighted by Gasteiger charge is -2.34. The number of hydrogen-bond acceptors (Lipinski definition) is 3. The molecule has 2 amide bonds. The first-order valence-corrected chi connectivity index (χ1v) is 9.29. The quantitative estimate of drug-likeness (QED) is 0.779. The predicted octanol–water partition coefficient (Wildman–Crippen LogP) is 1.95. The molecule has 3 aliphatic rings. The second-order valence-electron chi connectivity index (χ2n) is 7.62. The molecule has 3 rings (SSSR count). The second kappa shape index (κ2) is 7.67. The minimum atomic E-state index is 0.0424. The van der Waals surface area contributed by atoms with Gasteiger partial charge in [-0.15, -0.1) is 0 Å². The summed E-state index contributed by atoms with van der Waals surface area (Å²) in [4.78, 5) is 17.3. The van der Waals surface area contributed by atoms with Gasteiger partial charge in [0.15, 0.2) is 0 Å². The van der Waals surface area contributed by atoms with E-state index in [1.165, 1.54) is 31.4 Å². The number of nitrogens with zero attached hydrogens (tertiary/aromatic N) is 2. The number of carbonyl (C=O) groups excluding carboxylic acids is 1. The summed E-state index contributed by atoms with van der Waals surface area (Å²) in [7, 11) is 0. The Morgan fingerprint density at radius 3 is 2.57 bits per heavy atom. The van der Waals surface area contributed by atoms with Crippen molar-refractivity contribution in [2.24, 2.45) is 0 Å². The summed E-state index contributed by atoms with van der Waals surface area (Å²) < 4.78 is 0. The second-order valence-corrected chi connectivity index (χ2v) is 7.62. The van der Waals surface area contributed by atoms with Gasteiger partial charge in [-0.2, -0.15) is 0 Å². The average Bonchev–Trinajstić information content (AvgIpc) is 2.92. The summed E-state index contributed by atoms with van der Waals surface area (Å²) in [5.41, 5.74) is 1.22. The minimum Gasteiger partial charge on any atom is -0.335 e. The van der Waals surface area contributed by atoms with Crippen LogP contribution < -0.4 is 10.6 Å². The van der Waals surface area contributed by atoms with Crippen LogP contribution in [0.1, 0.15) is 45.4 Å². The third-order valence-corrected chi connectivity index (χ3v) is 5.59. The van der Waals surface area contributed by atoms with Crippen LogP contribution in [-0.4, -0.2) is 66.7 Å². The summed E-state index contributed by atoms with van der Waals surface area (Å²) in [6.07, 6.45) is 7.06. The Balaban J connectivity index is 1.39. The van der Waals surface area contributed by atoms with E-state index in [2.05, 4.69) is 33.9 Å². The Morgan fingerprint density at radius 2 is 1.83 bits per heavy atom. The van der Waals surface area contributed by atoms with Gasteiger partial charge in [-0.1, -0.05) is 18.6 Å². The number of fused-ring (bicyclic) bond motifs is 1. The Kier molecular flexibility index (Phi) is 5.59. The fourth-order valence-corrected chi connectivity index (χ4v) is 4.43. The first-order chi connectivity index (χ1) is 11.1. The molecule has 0 bridgehead atoms. The van der Waals surface area contributed by atoms with Gasteiger partial charge in [-0.05, 0) is 45.6 Å². The van der Waals surface area contributed by atoms with Crippen molar-refractivity contribution in [2.75, 3.05) is 32.7 Å². The van der Waals surface area contributed by atoms with Crippen LogP contribution >= 0.6 is 0 Å². The molecule has 0 unspecified atom stereocenters. The van der Waals surface area contributed by atoms with Gasteiger partial charge in [0.25, 0.3) is 0 Å². The molecule has 0 aliphatic carbocycles. The lowest BCUT2D eigenvalue weighted by molar-refractivity contribution is 0.175. The maximum absolute atomic E-state index is 12.3. The molecule has 5 heteroatoms. The van der Waals surface area contributed by atoms with Gasteiger partial charge in [-0.25, -0.2) is 4.79 Å². The fraction of sp³-hybridized carbons (Fsp3) is 0.833. The van der Waals surface area contributed by atoms with Crippen molar-refractivity contribution in [3.8, 4) is 0 Å². The molecule has 0 aromatic rings. The predicted molar refractivity (Wildman–Crippen MR) is 93.6 cm³/mol. The maximum atomic E-state index is 12.3. The third kappa shape index (κ3) is 4.48. The van der Waals surface area contributed by atoms with Crippen molar-refractivity contribution in [3.05, 3.63) is 12.2 Å². The molecule has 3 aliphatic heterocycles. The summed E-state index contributed by atoms with van der Waals surface area (Å²) >= 11 is 0. The van der Waals surface area contributed by atoms with Crippen LogP contribution in [0.5, 0.6) is 0 Å². The summed E-state index contributed by atoms with van der Waals surface area (Å²) in [6, 6.07) is 1.28. The summed E-state index contributed by atoms with van der Waals surface area (Å²) in [5, 5.41) is 6.45. The van der Waals surface area contributed by atoms with E-state index in [1.54, 1.807) is 0 Å². The van der Waals surface area contributed by atoms with Gasteiger partial charge in [-0.3, -0.25) is 9.80 Å². The highest BCUT2D eigenvalue weighted by molar-refractivity contribution is 5.74. The average molecular weight is 320 g/mol. The molecule has 2 atom stereocenters. The van der Waals surface area contributed by atoms with Crippen LogP contribution in [0.2, 0.25) is 0 Å². The molecule has 5 nitrogen and oxygen atoms in total. The maximum Gasteiger partial charge on any atom is 0.315 e.